The molecule has 3 aromatic carbocycles. The van der Waals surface area contributed by atoms with E-state index in [9.17, 15) is 18.0 Å². The van der Waals surface area contributed by atoms with Crippen LogP contribution in [0.1, 0.15) is 38.7 Å². The first-order valence-electron chi connectivity index (χ1n) is 15.7. The number of likely N-dealkylation sites (tertiary alicyclic amines) is 1. The molecule has 6 rings (SSSR count). The van der Waals surface area contributed by atoms with Crippen LogP contribution in [0.5, 0.6) is 28.7 Å². The second kappa shape index (κ2) is 14.0. The molecule has 2 aliphatic rings. The predicted octanol–water partition coefficient (Wildman–Crippen LogP) is 9.01. The summed E-state index contributed by atoms with van der Waals surface area (Å²) in [5.74, 6) is 2.54. The fourth-order valence-electron chi connectivity index (χ4n) is 5.67. The number of fused-ring (bicyclic) bond motifs is 3. The molecule has 13 heteroatoms. The highest BCUT2D eigenvalue weighted by Gasteiger charge is 2.33. The molecule has 0 aliphatic carbocycles. The molecule has 1 fully saturated rings. The zero-order chi connectivity index (χ0) is 33.9. The number of nitrogens with one attached hydrogen (secondary N) is 2. The van der Waals surface area contributed by atoms with Gasteiger partial charge in [-0.05, 0) is 86.3 Å². The molecule has 2 N–H and O–H groups in total. The number of amides is 2. The number of benzene rings is 3. The number of alkyl halides is 3. The Bertz CT molecular complexity index is 1780. The van der Waals surface area contributed by atoms with Gasteiger partial charge in [0.25, 0.3) is 0 Å². The second-order valence-corrected chi connectivity index (χ2v) is 12.9. The number of hydrogen-bond acceptors (Lipinski definition) is 7. The highest BCUT2D eigenvalue weighted by Crippen LogP contribution is 2.48. The summed E-state index contributed by atoms with van der Waals surface area (Å²) in [6.45, 7) is 9.13. The van der Waals surface area contributed by atoms with Crippen LogP contribution < -0.4 is 29.6 Å². The van der Waals surface area contributed by atoms with E-state index in [1.54, 1.807) is 36.5 Å². The van der Waals surface area contributed by atoms with Gasteiger partial charge >= 0.3 is 12.2 Å². The number of carbonyl (C=O) groups excluding carboxylic acids is 1. The lowest BCUT2D eigenvalue weighted by Crippen LogP contribution is -2.38. The Balaban J connectivity index is 1.11. The average molecular weight is 685 g/mol. The summed E-state index contributed by atoms with van der Waals surface area (Å²) in [4.78, 5) is 19.5. The molecule has 2 amide bonds. The van der Waals surface area contributed by atoms with Crippen LogP contribution in [0, 0.1) is 5.41 Å². The molecule has 1 aromatic heterocycles. The van der Waals surface area contributed by atoms with Gasteiger partial charge in [-0.1, -0.05) is 25.4 Å². The third kappa shape index (κ3) is 7.99. The topological polar surface area (TPSA) is 94.2 Å². The number of halogens is 4. The molecule has 0 spiro atoms. The van der Waals surface area contributed by atoms with Crippen LogP contribution in [0.2, 0.25) is 5.02 Å². The first-order chi connectivity index (χ1) is 22.9. The van der Waals surface area contributed by atoms with E-state index in [0.717, 1.165) is 38.2 Å². The number of nitrogens with zero attached hydrogens (tertiary/aromatic N) is 2. The van der Waals surface area contributed by atoms with Crippen LogP contribution in [0.4, 0.5) is 29.3 Å². The van der Waals surface area contributed by atoms with Crippen molar-refractivity contribution >= 4 is 39.9 Å². The molecule has 0 saturated carbocycles. The highest BCUT2D eigenvalue weighted by atomic mass is 35.5. The normalized spacial score (nSPS) is 16.0. The van der Waals surface area contributed by atoms with Gasteiger partial charge < -0.3 is 34.5 Å². The van der Waals surface area contributed by atoms with Gasteiger partial charge in [0.2, 0.25) is 5.75 Å². The van der Waals surface area contributed by atoms with Crippen molar-refractivity contribution in [2.45, 2.75) is 39.3 Å². The van der Waals surface area contributed by atoms with Gasteiger partial charge in [0.15, 0.2) is 11.5 Å². The van der Waals surface area contributed by atoms with E-state index in [0.29, 0.717) is 70.6 Å². The van der Waals surface area contributed by atoms with Crippen molar-refractivity contribution in [2.24, 2.45) is 5.41 Å². The Morgan fingerprint density at radius 2 is 1.65 bits per heavy atom. The van der Waals surface area contributed by atoms with Crippen molar-refractivity contribution in [3.8, 4) is 28.7 Å². The zero-order valence-corrected chi connectivity index (χ0v) is 27.3. The Labute approximate surface area is 281 Å². The van der Waals surface area contributed by atoms with Crippen molar-refractivity contribution in [1.82, 2.24) is 9.88 Å². The van der Waals surface area contributed by atoms with Crippen LogP contribution in [0.25, 0.3) is 10.9 Å². The summed E-state index contributed by atoms with van der Waals surface area (Å²) >= 11 is 5.66. The number of urea groups is 1. The molecule has 1 saturated heterocycles. The van der Waals surface area contributed by atoms with E-state index < -0.39 is 22.8 Å². The van der Waals surface area contributed by atoms with Gasteiger partial charge in [0.05, 0.1) is 28.1 Å². The molecule has 0 radical (unpaired) electrons. The molecule has 4 aromatic rings. The Morgan fingerprint density at radius 1 is 0.958 bits per heavy atom. The molecule has 48 heavy (non-hydrogen) atoms. The van der Waals surface area contributed by atoms with E-state index in [-0.39, 0.29) is 5.69 Å². The van der Waals surface area contributed by atoms with Crippen molar-refractivity contribution in [1.29, 1.82) is 0 Å². The summed E-state index contributed by atoms with van der Waals surface area (Å²) in [6, 6.07) is 12.5. The SMILES string of the molecule is CC1(C)CCN(CCCOc2cc3nccc(Oc4ccc(NC(=O)Nc5ccc(Cl)c(C(F)(F)F)c5)cc4)c3c3c2OCCO3)CC1. The minimum Gasteiger partial charge on any atom is -0.489 e. The summed E-state index contributed by atoms with van der Waals surface area (Å²) in [7, 11) is 0. The van der Waals surface area contributed by atoms with Crippen LogP contribution in [-0.2, 0) is 6.18 Å². The van der Waals surface area contributed by atoms with Gasteiger partial charge in [0, 0.05) is 30.2 Å². The first-order valence-corrected chi connectivity index (χ1v) is 16.1. The van der Waals surface area contributed by atoms with Crippen LogP contribution in [-0.4, -0.2) is 55.4 Å². The van der Waals surface area contributed by atoms with Gasteiger partial charge in [-0.25, -0.2) is 4.79 Å². The van der Waals surface area contributed by atoms with Gasteiger partial charge in [-0.3, -0.25) is 4.98 Å². The Morgan fingerprint density at radius 3 is 2.38 bits per heavy atom. The zero-order valence-electron chi connectivity index (χ0n) is 26.6. The van der Waals surface area contributed by atoms with Crippen molar-refractivity contribution in [2.75, 3.05) is 50.1 Å². The Hall–Kier alpha value is -4.42. The lowest BCUT2D eigenvalue weighted by Gasteiger charge is -2.36. The lowest BCUT2D eigenvalue weighted by molar-refractivity contribution is -0.137. The summed E-state index contributed by atoms with van der Waals surface area (Å²) in [6.07, 6.45) is 0.274. The maximum Gasteiger partial charge on any atom is 0.417 e. The molecule has 254 valence electrons. The Kier molecular flexibility index (Phi) is 9.75. The van der Waals surface area contributed by atoms with E-state index in [1.807, 2.05) is 6.07 Å². The van der Waals surface area contributed by atoms with Gasteiger partial charge in [0.1, 0.15) is 24.7 Å². The quantitative estimate of drug-likeness (QED) is 0.170. The fraction of sp³-hybridized carbons (Fsp3) is 0.371. The van der Waals surface area contributed by atoms with Crippen LogP contribution in [0.3, 0.4) is 0 Å². The number of carbonyl (C=O) groups is 1. The van der Waals surface area contributed by atoms with E-state index in [2.05, 4.69) is 34.4 Å². The highest BCUT2D eigenvalue weighted by molar-refractivity contribution is 6.31. The monoisotopic (exact) mass is 684 g/mol. The van der Waals surface area contributed by atoms with Gasteiger partial charge in [-0.15, -0.1) is 0 Å². The molecule has 0 bridgehead atoms. The summed E-state index contributed by atoms with van der Waals surface area (Å²) < 4.78 is 64.0. The standard InChI is InChI=1S/C35H36ClF3N4O5/c1-34(2)11-15-43(16-12-34)14-3-17-45-29-21-27-30(32-31(29)46-18-19-47-32)28(10-13-40-27)48-24-7-4-22(5-8-24)41-33(44)42-23-6-9-26(36)25(20-23)35(37,38)39/h4-10,13,20-21H,3,11-12,14-19H2,1-2H3,(H2,41,42,44). The minimum absolute atomic E-state index is 0.0570. The average Bonchev–Trinajstić information content (AvgIpc) is 3.05. The molecular formula is C35H36ClF3N4O5. The van der Waals surface area contributed by atoms with Crippen LogP contribution >= 0.6 is 11.6 Å². The van der Waals surface area contributed by atoms with Crippen molar-refractivity contribution < 1.29 is 36.9 Å². The molecule has 2 aliphatic heterocycles. The van der Waals surface area contributed by atoms with Gasteiger partial charge in [-0.2, -0.15) is 13.2 Å². The number of anilines is 2. The lowest BCUT2D eigenvalue weighted by atomic mass is 9.83. The van der Waals surface area contributed by atoms with E-state index in [1.165, 1.54) is 18.9 Å². The number of ether oxygens (including phenoxy) is 4. The van der Waals surface area contributed by atoms with E-state index >= 15 is 0 Å². The molecule has 0 atom stereocenters. The summed E-state index contributed by atoms with van der Waals surface area (Å²) in [5, 5.41) is 5.16. The number of pyridine rings is 1. The number of hydrogen-bond donors (Lipinski definition) is 2. The number of rotatable bonds is 9. The summed E-state index contributed by atoms with van der Waals surface area (Å²) in [5.41, 5.74) is 0.334. The number of aromatic nitrogens is 1. The van der Waals surface area contributed by atoms with Crippen molar-refractivity contribution in [3.05, 3.63) is 71.4 Å². The first kappa shape index (κ1) is 33.5. The molecule has 3 heterocycles. The van der Waals surface area contributed by atoms with Crippen molar-refractivity contribution in [3.63, 3.8) is 0 Å². The maximum atomic E-state index is 13.2. The number of piperidine rings is 1. The molecule has 9 nitrogen and oxygen atoms in total. The molecule has 0 unspecified atom stereocenters. The maximum absolute atomic E-state index is 13.2. The predicted molar refractivity (Wildman–Crippen MR) is 178 cm³/mol. The smallest absolute Gasteiger partial charge is 0.417 e. The fourth-order valence-corrected chi connectivity index (χ4v) is 5.89. The minimum atomic E-state index is -4.65. The third-order valence-electron chi connectivity index (χ3n) is 8.40. The van der Waals surface area contributed by atoms with Crippen LogP contribution in [0.15, 0.2) is 60.8 Å². The third-order valence-corrected chi connectivity index (χ3v) is 8.73. The van der Waals surface area contributed by atoms with E-state index in [4.69, 9.17) is 30.5 Å². The second-order valence-electron chi connectivity index (χ2n) is 12.5. The molecular weight excluding hydrogens is 649 g/mol. The largest absolute Gasteiger partial charge is 0.489 e.